The van der Waals surface area contributed by atoms with Crippen LogP contribution in [0.5, 0.6) is 5.75 Å². The number of carbonyl (C=O) groups excluding carboxylic acids is 2. The number of ether oxygens (including phenoxy) is 1. The molecule has 1 saturated heterocycles. The van der Waals surface area contributed by atoms with E-state index >= 15 is 0 Å². The molecule has 1 N–H and O–H groups in total. The molecule has 2 heterocycles. The number of carbonyl (C=O) groups is 2. The third-order valence-corrected chi connectivity index (χ3v) is 4.11. The lowest BCUT2D eigenvalue weighted by molar-refractivity contribution is -0.134. The summed E-state index contributed by atoms with van der Waals surface area (Å²) in [6.45, 7) is 1.51. The van der Waals surface area contributed by atoms with Gasteiger partial charge in [-0.3, -0.25) is 14.6 Å². The number of nitrogens with zero attached hydrogens (tertiary/aromatic N) is 2. The van der Waals surface area contributed by atoms with Crippen LogP contribution in [0.25, 0.3) is 0 Å². The van der Waals surface area contributed by atoms with Crippen LogP contribution < -0.4 is 10.1 Å². The minimum atomic E-state index is -0.297. The largest absolute Gasteiger partial charge is 0.483 e. The predicted molar refractivity (Wildman–Crippen MR) is 94.6 cm³/mol. The topological polar surface area (TPSA) is 71.5 Å². The Labute approximate surface area is 146 Å². The summed E-state index contributed by atoms with van der Waals surface area (Å²) in [5.41, 5.74) is 0.990. The van der Waals surface area contributed by atoms with Gasteiger partial charge in [-0.2, -0.15) is 0 Å². The molecule has 1 fully saturated rings. The van der Waals surface area contributed by atoms with Gasteiger partial charge in [0, 0.05) is 19.3 Å². The van der Waals surface area contributed by atoms with Gasteiger partial charge >= 0.3 is 0 Å². The molecule has 6 heteroatoms. The van der Waals surface area contributed by atoms with E-state index < -0.39 is 0 Å². The van der Waals surface area contributed by atoms with Crippen molar-refractivity contribution in [2.24, 2.45) is 0 Å². The van der Waals surface area contributed by atoms with Crippen LogP contribution in [-0.4, -0.2) is 41.4 Å². The Morgan fingerprint density at radius 1 is 1.08 bits per heavy atom. The molecule has 0 atom stereocenters. The van der Waals surface area contributed by atoms with Crippen LogP contribution in [0.4, 0.5) is 5.69 Å². The molecule has 1 aliphatic heterocycles. The number of nitrogens with one attached hydrogen (secondary N) is 1. The highest BCUT2D eigenvalue weighted by Gasteiger charge is 2.18. The summed E-state index contributed by atoms with van der Waals surface area (Å²) in [7, 11) is 0. The number of hydrogen-bond donors (Lipinski definition) is 1. The molecular weight excluding hydrogens is 318 g/mol. The van der Waals surface area contributed by atoms with Crippen molar-refractivity contribution in [2.45, 2.75) is 19.3 Å². The minimum absolute atomic E-state index is 0.0397. The molecular formula is C19H21N3O3. The van der Waals surface area contributed by atoms with Crippen molar-refractivity contribution in [3.05, 3.63) is 54.4 Å². The van der Waals surface area contributed by atoms with E-state index in [2.05, 4.69) is 10.3 Å². The molecule has 0 aliphatic carbocycles. The highest BCUT2D eigenvalue weighted by Crippen LogP contribution is 2.20. The van der Waals surface area contributed by atoms with Crippen molar-refractivity contribution in [1.82, 2.24) is 9.88 Å². The highest BCUT2D eigenvalue weighted by molar-refractivity contribution is 6.06. The second-order valence-corrected chi connectivity index (χ2v) is 5.92. The number of benzene rings is 1. The van der Waals surface area contributed by atoms with E-state index in [1.165, 1.54) is 6.42 Å². The van der Waals surface area contributed by atoms with E-state index in [-0.39, 0.29) is 18.4 Å². The van der Waals surface area contributed by atoms with Crippen LogP contribution in [0.15, 0.2) is 48.8 Å². The predicted octanol–water partition coefficient (Wildman–Crippen LogP) is 2.73. The maximum atomic E-state index is 12.5. The Morgan fingerprint density at radius 3 is 2.64 bits per heavy atom. The van der Waals surface area contributed by atoms with Crippen molar-refractivity contribution >= 4 is 17.5 Å². The lowest BCUT2D eigenvalue weighted by atomic mass is 10.1. The van der Waals surface area contributed by atoms with Crippen molar-refractivity contribution in [3.63, 3.8) is 0 Å². The van der Waals surface area contributed by atoms with E-state index in [4.69, 9.17) is 4.74 Å². The molecule has 0 bridgehead atoms. The van der Waals surface area contributed by atoms with Gasteiger partial charge in [0.15, 0.2) is 6.61 Å². The second-order valence-electron chi connectivity index (χ2n) is 5.92. The fourth-order valence-corrected chi connectivity index (χ4v) is 2.79. The van der Waals surface area contributed by atoms with Gasteiger partial charge in [-0.1, -0.05) is 12.1 Å². The third kappa shape index (κ3) is 4.56. The molecule has 0 radical (unpaired) electrons. The SMILES string of the molecule is O=C(Nc1cccnc1)c1ccccc1OCC(=O)N1CCCCC1. The van der Waals surface area contributed by atoms with Gasteiger partial charge < -0.3 is 15.0 Å². The number of piperidine rings is 1. The average molecular weight is 339 g/mol. The maximum Gasteiger partial charge on any atom is 0.260 e. The molecule has 130 valence electrons. The summed E-state index contributed by atoms with van der Waals surface area (Å²) in [6.07, 6.45) is 6.45. The molecule has 0 spiro atoms. The Balaban J connectivity index is 1.64. The van der Waals surface area contributed by atoms with E-state index in [9.17, 15) is 9.59 Å². The van der Waals surface area contributed by atoms with Crippen LogP contribution in [-0.2, 0) is 4.79 Å². The first-order chi connectivity index (χ1) is 12.2. The first-order valence-electron chi connectivity index (χ1n) is 8.45. The van der Waals surface area contributed by atoms with Crippen molar-refractivity contribution in [1.29, 1.82) is 0 Å². The molecule has 2 amide bonds. The van der Waals surface area contributed by atoms with Gasteiger partial charge in [-0.05, 0) is 43.5 Å². The zero-order valence-corrected chi connectivity index (χ0v) is 14.0. The Morgan fingerprint density at radius 2 is 1.88 bits per heavy atom. The average Bonchev–Trinajstić information content (AvgIpc) is 2.68. The summed E-state index contributed by atoms with van der Waals surface area (Å²) in [5.74, 6) is 0.0606. The smallest absolute Gasteiger partial charge is 0.260 e. The van der Waals surface area contributed by atoms with Crippen molar-refractivity contribution in [3.8, 4) is 5.75 Å². The van der Waals surface area contributed by atoms with Crippen molar-refractivity contribution < 1.29 is 14.3 Å². The number of rotatable bonds is 5. The molecule has 3 rings (SSSR count). The summed E-state index contributed by atoms with van der Waals surface area (Å²) in [5, 5.41) is 2.77. The molecule has 1 aliphatic rings. The summed E-state index contributed by atoms with van der Waals surface area (Å²) in [4.78, 5) is 30.5. The van der Waals surface area contributed by atoms with Crippen LogP contribution in [0.3, 0.4) is 0 Å². The fraction of sp³-hybridized carbons (Fsp3) is 0.316. The van der Waals surface area contributed by atoms with E-state index in [0.717, 1.165) is 25.9 Å². The van der Waals surface area contributed by atoms with Crippen LogP contribution in [0, 0.1) is 0 Å². The molecule has 0 saturated carbocycles. The van der Waals surface area contributed by atoms with Gasteiger partial charge in [0.1, 0.15) is 5.75 Å². The van der Waals surface area contributed by atoms with Gasteiger partial charge in [0.25, 0.3) is 11.8 Å². The second kappa shape index (κ2) is 8.28. The lowest BCUT2D eigenvalue weighted by Gasteiger charge is -2.26. The number of hydrogen-bond acceptors (Lipinski definition) is 4. The van der Waals surface area contributed by atoms with Gasteiger partial charge in [0.05, 0.1) is 17.4 Å². The molecule has 25 heavy (non-hydrogen) atoms. The monoisotopic (exact) mass is 339 g/mol. The van der Waals surface area contributed by atoms with Gasteiger partial charge in [-0.25, -0.2) is 0 Å². The van der Waals surface area contributed by atoms with Crippen LogP contribution >= 0.6 is 0 Å². The number of likely N-dealkylation sites (tertiary alicyclic amines) is 1. The van der Waals surface area contributed by atoms with Gasteiger partial charge in [-0.15, -0.1) is 0 Å². The number of pyridine rings is 1. The lowest BCUT2D eigenvalue weighted by Crippen LogP contribution is -2.38. The first-order valence-corrected chi connectivity index (χ1v) is 8.45. The summed E-state index contributed by atoms with van der Waals surface area (Å²) in [6, 6.07) is 10.4. The summed E-state index contributed by atoms with van der Waals surface area (Å²) >= 11 is 0. The number of aromatic nitrogens is 1. The minimum Gasteiger partial charge on any atom is -0.483 e. The zero-order valence-electron chi connectivity index (χ0n) is 14.0. The molecule has 6 nitrogen and oxygen atoms in total. The quantitative estimate of drug-likeness (QED) is 0.909. The Bertz CT molecular complexity index is 728. The van der Waals surface area contributed by atoms with Crippen LogP contribution in [0.2, 0.25) is 0 Å². The van der Waals surface area contributed by atoms with Gasteiger partial charge in [0.2, 0.25) is 0 Å². The molecule has 0 unspecified atom stereocenters. The van der Waals surface area contributed by atoms with Crippen molar-refractivity contribution in [2.75, 3.05) is 25.0 Å². The summed E-state index contributed by atoms with van der Waals surface area (Å²) < 4.78 is 5.64. The maximum absolute atomic E-state index is 12.5. The first kappa shape index (κ1) is 17.0. The number of para-hydroxylation sites is 1. The normalized spacial score (nSPS) is 14.0. The highest BCUT2D eigenvalue weighted by atomic mass is 16.5. The molecule has 1 aromatic heterocycles. The van der Waals surface area contributed by atoms with E-state index in [0.29, 0.717) is 17.0 Å². The van der Waals surface area contributed by atoms with E-state index in [1.807, 2.05) is 4.90 Å². The van der Waals surface area contributed by atoms with E-state index in [1.54, 1.807) is 48.8 Å². The standard InChI is InChI=1S/C19H21N3O3/c23-18(22-11-4-1-5-12-22)14-25-17-9-3-2-8-16(17)19(24)21-15-7-6-10-20-13-15/h2-3,6-10,13H,1,4-5,11-12,14H2,(H,21,24). The zero-order chi connectivity index (χ0) is 17.5. The molecule has 2 aromatic rings. The Hall–Kier alpha value is -2.89. The number of amides is 2. The van der Waals surface area contributed by atoms with Crippen LogP contribution in [0.1, 0.15) is 29.6 Å². The third-order valence-electron chi connectivity index (χ3n) is 4.11. The fourth-order valence-electron chi connectivity index (χ4n) is 2.79. The molecule has 1 aromatic carbocycles. The number of anilines is 1. The Kier molecular flexibility index (Phi) is 5.61.